The second-order valence-corrected chi connectivity index (χ2v) is 7.46. The molecule has 0 aliphatic carbocycles. The first-order valence-electron chi connectivity index (χ1n) is 6.81. The first-order valence-corrected chi connectivity index (χ1v) is 8.25. The summed E-state index contributed by atoms with van der Waals surface area (Å²) in [5, 5.41) is 0. The zero-order valence-corrected chi connectivity index (χ0v) is 13.5. The van der Waals surface area contributed by atoms with Crippen LogP contribution in [0, 0.1) is 17.6 Å². The SMILES string of the molecule is CC(C)CN(C(C)C)S(=O)(=O)c1ccc(F)c(CN)c1F. The van der Waals surface area contributed by atoms with E-state index in [9.17, 15) is 17.2 Å². The lowest BCUT2D eigenvalue weighted by atomic mass is 10.2. The van der Waals surface area contributed by atoms with Crippen molar-refractivity contribution in [2.45, 2.75) is 45.2 Å². The van der Waals surface area contributed by atoms with E-state index in [1.165, 1.54) is 4.31 Å². The van der Waals surface area contributed by atoms with Crippen molar-refractivity contribution >= 4 is 10.0 Å². The number of hydrogen-bond acceptors (Lipinski definition) is 3. The molecule has 0 aliphatic heterocycles. The van der Waals surface area contributed by atoms with Crippen molar-refractivity contribution in [2.24, 2.45) is 11.7 Å². The Kier molecular flexibility index (Phi) is 5.83. The van der Waals surface area contributed by atoms with Crippen molar-refractivity contribution in [2.75, 3.05) is 6.54 Å². The molecule has 0 amide bonds. The van der Waals surface area contributed by atoms with Crippen molar-refractivity contribution in [3.8, 4) is 0 Å². The molecule has 21 heavy (non-hydrogen) atoms. The summed E-state index contributed by atoms with van der Waals surface area (Å²) in [6, 6.07) is 1.56. The monoisotopic (exact) mass is 320 g/mol. The number of nitrogens with zero attached hydrogens (tertiary/aromatic N) is 1. The van der Waals surface area contributed by atoms with Crippen molar-refractivity contribution in [3.05, 3.63) is 29.3 Å². The normalized spacial score (nSPS) is 12.7. The van der Waals surface area contributed by atoms with Gasteiger partial charge in [0.15, 0.2) is 5.82 Å². The van der Waals surface area contributed by atoms with Gasteiger partial charge in [0, 0.05) is 24.7 Å². The van der Waals surface area contributed by atoms with Gasteiger partial charge in [-0.3, -0.25) is 0 Å². The fraction of sp³-hybridized carbons (Fsp3) is 0.571. The lowest BCUT2D eigenvalue weighted by Gasteiger charge is -2.28. The van der Waals surface area contributed by atoms with E-state index in [1.54, 1.807) is 13.8 Å². The van der Waals surface area contributed by atoms with Gasteiger partial charge in [-0.2, -0.15) is 4.31 Å². The highest BCUT2D eigenvalue weighted by Gasteiger charge is 2.31. The Morgan fingerprint density at radius 3 is 2.19 bits per heavy atom. The molecule has 0 heterocycles. The number of benzene rings is 1. The van der Waals surface area contributed by atoms with E-state index in [2.05, 4.69) is 0 Å². The van der Waals surface area contributed by atoms with Crippen molar-refractivity contribution < 1.29 is 17.2 Å². The topological polar surface area (TPSA) is 63.4 Å². The van der Waals surface area contributed by atoms with Crippen molar-refractivity contribution in [1.82, 2.24) is 4.31 Å². The van der Waals surface area contributed by atoms with Gasteiger partial charge in [-0.15, -0.1) is 0 Å². The third kappa shape index (κ3) is 3.78. The summed E-state index contributed by atoms with van der Waals surface area (Å²) in [6.07, 6.45) is 0. The smallest absolute Gasteiger partial charge is 0.246 e. The van der Waals surface area contributed by atoms with E-state index in [4.69, 9.17) is 5.73 Å². The molecule has 0 unspecified atom stereocenters. The highest BCUT2D eigenvalue weighted by molar-refractivity contribution is 7.89. The van der Waals surface area contributed by atoms with Crippen LogP contribution in [0.2, 0.25) is 0 Å². The second kappa shape index (κ2) is 6.81. The third-order valence-corrected chi connectivity index (χ3v) is 5.12. The summed E-state index contributed by atoms with van der Waals surface area (Å²) in [6.45, 7) is 7.03. The molecule has 0 bridgehead atoms. The van der Waals surface area contributed by atoms with E-state index in [1.807, 2.05) is 13.8 Å². The number of rotatable bonds is 6. The van der Waals surface area contributed by atoms with Gasteiger partial charge in [0.2, 0.25) is 10.0 Å². The fourth-order valence-corrected chi connectivity index (χ4v) is 3.93. The molecular formula is C14H22F2N2O2S. The predicted molar refractivity (Wildman–Crippen MR) is 78.1 cm³/mol. The van der Waals surface area contributed by atoms with Crippen LogP contribution < -0.4 is 5.73 Å². The minimum atomic E-state index is -4.04. The highest BCUT2D eigenvalue weighted by atomic mass is 32.2. The molecule has 1 aromatic rings. The van der Waals surface area contributed by atoms with Gasteiger partial charge >= 0.3 is 0 Å². The van der Waals surface area contributed by atoms with E-state index in [0.717, 1.165) is 12.1 Å². The number of hydrogen-bond donors (Lipinski definition) is 1. The van der Waals surface area contributed by atoms with Crippen molar-refractivity contribution in [1.29, 1.82) is 0 Å². The van der Waals surface area contributed by atoms with Crippen LogP contribution in [0.1, 0.15) is 33.3 Å². The summed E-state index contributed by atoms with van der Waals surface area (Å²) in [4.78, 5) is -0.529. The lowest BCUT2D eigenvalue weighted by molar-refractivity contribution is 0.317. The number of halogens is 2. The standard InChI is InChI=1S/C14H22F2N2O2S/c1-9(2)8-18(10(3)4)21(19,20)13-6-5-12(15)11(7-17)14(13)16/h5-6,9-10H,7-8,17H2,1-4H3. The van der Waals surface area contributed by atoms with Crippen LogP contribution >= 0.6 is 0 Å². The Morgan fingerprint density at radius 1 is 1.19 bits per heavy atom. The van der Waals surface area contributed by atoms with Gasteiger partial charge in [0.05, 0.1) is 0 Å². The zero-order valence-electron chi connectivity index (χ0n) is 12.7. The van der Waals surface area contributed by atoms with Gasteiger partial charge in [-0.1, -0.05) is 13.8 Å². The fourth-order valence-electron chi connectivity index (χ4n) is 2.04. The largest absolute Gasteiger partial charge is 0.326 e. The first-order chi connectivity index (χ1) is 9.62. The molecule has 1 aromatic carbocycles. The zero-order chi connectivity index (χ0) is 16.4. The van der Waals surface area contributed by atoms with Crippen molar-refractivity contribution in [3.63, 3.8) is 0 Å². The Balaban J connectivity index is 3.42. The molecule has 0 fully saturated rings. The quantitative estimate of drug-likeness (QED) is 0.876. The lowest BCUT2D eigenvalue weighted by Crippen LogP contribution is -2.40. The molecule has 0 aliphatic rings. The van der Waals surface area contributed by atoms with Crippen LogP contribution in [0.5, 0.6) is 0 Å². The molecule has 2 N–H and O–H groups in total. The molecule has 0 atom stereocenters. The van der Waals surface area contributed by atoms with Gasteiger partial charge in [0.1, 0.15) is 10.7 Å². The average Bonchev–Trinajstić information content (AvgIpc) is 2.35. The minimum absolute atomic E-state index is 0.0830. The molecule has 1 rings (SSSR count). The van der Waals surface area contributed by atoms with E-state index in [-0.39, 0.29) is 18.5 Å². The van der Waals surface area contributed by atoms with Crippen LogP contribution in [0.4, 0.5) is 8.78 Å². The number of sulfonamides is 1. The van der Waals surface area contributed by atoms with Crippen LogP contribution in [0.15, 0.2) is 17.0 Å². The van der Waals surface area contributed by atoms with E-state index < -0.39 is 38.7 Å². The van der Waals surface area contributed by atoms with Gasteiger partial charge < -0.3 is 5.73 Å². The molecule has 0 saturated heterocycles. The molecule has 120 valence electrons. The maximum Gasteiger partial charge on any atom is 0.246 e. The summed E-state index contributed by atoms with van der Waals surface area (Å²) in [7, 11) is -4.04. The molecule has 4 nitrogen and oxygen atoms in total. The number of nitrogens with two attached hydrogens (primary N) is 1. The predicted octanol–water partition coefficient (Wildman–Crippen LogP) is 2.48. The molecule has 7 heteroatoms. The van der Waals surface area contributed by atoms with Gasteiger partial charge in [-0.05, 0) is 31.9 Å². The molecule has 0 radical (unpaired) electrons. The Bertz CT molecular complexity index is 601. The summed E-state index contributed by atoms with van der Waals surface area (Å²) in [5.74, 6) is -1.86. The molecule has 0 aromatic heterocycles. The van der Waals surface area contributed by atoms with Gasteiger partial charge in [0.25, 0.3) is 0 Å². The average molecular weight is 320 g/mol. The Hall–Kier alpha value is -1.05. The first kappa shape index (κ1) is 18.0. The highest BCUT2D eigenvalue weighted by Crippen LogP contribution is 2.25. The second-order valence-electron chi connectivity index (χ2n) is 5.60. The van der Waals surface area contributed by atoms with E-state index in [0.29, 0.717) is 0 Å². The molecule has 0 spiro atoms. The van der Waals surface area contributed by atoms with E-state index >= 15 is 0 Å². The third-order valence-electron chi connectivity index (χ3n) is 3.06. The molecule has 0 saturated carbocycles. The van der Waals surface area contributed by atoms with Crippen LogP contribution in [0.25, 0.3) is 0 Å². The summed E-state index contributed by atoms with van der Waals surface area (Å²) >= 11 is 0. The maximum atomic E-state index is 14.3. The van der Waals surface area contributed by atoms with Crippen LogP contribution in [-0.2, 0) is 16.6 Å². The molecular weight excluding hydrogens is 298 g/mol. The Labute approximate surface area is 125 Å². The van der Waals surface area contributed by atoms with Crippen LogP contribution in [-0.4, -0.2) is 25.3 Å². The van der Waals surface area contributed by atoms with Crippen LogP contribution in [0.3, 0.4) is 0 Å². The summed E-state index contributed by atoms with van der Waals surface area (Å²) < 4.78 is 54.2. The maximum absolute atomic E-state index is 14.3. The Morgan fingerprint density at radius 2 is 1.76 bits per heavy atom. The van der Waals surface area contributed by atoms with Gasteiger partial charge in [-0.25, -0.2) is 17.2 Å². The minimum Gasteiger partial charge on any atom is -0.326 e. The summed E-state index contributed by atoms with van der Waals surface area (Å²) in [5.41, 5.74) is 4.88.